The van der Waals surface area contributed by atoms with E-state index in [1.54, 1.807) is 6.33 Å². The maximum absolute atomic E-state index is 4.04. The van der Waals surface area contributed by atoms with Crippen molar-refractivity contribution in [3.05, 3.63) is 24.3 Å². The normalized spacial score (nSPS) is 15.1. The van der Waals surface area contributed by atoms with E-state index in [1.165, 1.54) is 5.56 Å². The summed E-state index contributed by atoms with van der Waals surface area (Å²) in [5.74, 6) is 1.12. The molecule has 2 unspecified atom stereocenters. The highest BCUT2D eigenvalue weighted by Crippen LogP contribution is 2.21. The molecule has 1 heterocycles. The van der Waals surface area contributed by atoms with E-state index in [0.717, 1.165) is 13.1 Å². The monoisotopic (exact) mass is 193 g/mol. The van der Waals surface area contributed by atoms with E-state index in [-0.39, 0.29) is 0 Å². The minimum absolute atomic E-state index is 0.509. The van der Waals surface area contributed by atoms with Crippen LogP contribution in [0.1, 0.15) is 32.3 Å². The van der Waals surface area contributed by atoms with Crippen LogP contribution >= 0.6 is 0 Å². The number of nitrogens with one attached hydrogen (secondary N) is 1. The lowest BCUT2D eigenvalue weighted by Gasteiger charge is -2.19. The molecule has 1 aromatic rings. The van der Waals surface area contributed by atoms with Gasteiger partial charge in [-0.3, -0.25) is 0 Å². The Morgan fingerprint density at radius 2 is 1.93 bits per heavy atom. The van der Waals surface area contributed by atoms with Gasteiger partial charge in [0.05, 0.1) is 0 Å². The summed E-state index contributed by atoms with van der Waals surface area (Å²) in [6.45, 7) is 8.68. The molecular weight excluding hydrogens is 174 g/mol. The third-order valence-corrected chi connectivity index (χ3v) is 2.68. The Morgan fingerprint density at radius 1 is 1.29 bits per heavy atom. The van der Waals surface area contributed by atoms with Crippen molar-refractivity contribution in [2.75, 3.05) is 13.1 Å². The minimum atomic E-state index is 0.509. The maximum Gasteiger partial charge on any atom is 0.115 e. The van der Waals surface area contributed by atoms with Crippen molar-refractivity contribution >= 4 is 0 Å². The van der Waals surface area contributed by atoms with Crippen LogP contribution in [0.15, 0.2) is 18.7 Å². The molecule has 0 spiro atoms. The topological polar surface area (TPSA) is 37.8 Å². The molecular formula is C11H19N3. The van der Waals surface area contributed by atoms with Crippen LogP contribution in [0.5, 0.6) is 0 Å². The summed E-state index contributed by atoms with van der Waals surface area (Å²) in [6.07, 6.45) is 5.38. The van der Waals surface area contributed by atoms with Crippen molar-refractivity contribution in [1.82, 2.24) is 15.3 Å². The van der Waals surface area contributed by atoms with Crippen molar-refractivity contribution in [2.24, 2.45) is 5.92 Å². The summed E-state index contributed by atoms with van der Waals surface area (Å²) < 4.78 is 0. The number of hydrogen-bond acceptors (Lipinski definition) is 3. The van der Waals surface area contributed by atoms with Gasteiger partial charge in [-0.2, -0.15) is 0 Å². The van der Waals surface area contributed by atoms with Crippen molar-refractivity contribution < 1.29 is 0 Å². The Labute approximate surface area is 86.0 Å². The molecule has 0 radical (unpaired) electrons. The first kappa shape index (κ1) is 11.1. The van der Waals surface area contributed by atoms with Crippen LogP contribution in [-0.4, -0.2) is 23.1 Å². The first-order valence-electron chi connectivity index (χ1n) is 5.21. The average Bonchev–Trinajstić information content (AvgIpc) is 2.26. The van der Waals surface area contributed by atoms with Crippen molar-refractivity contribution in [1.29, 1.82) is 0 Å². The Bertz CT molecular complexity index is 248. The van der Waals surface area contributed by atoms with Crippen LogP contribution in [0.4, 0.5) is 0 Å². The van der Waals surface area contributed by atoms with Crippen molar-refractivity contribution in [2.45, 2.75) is 26.7 Å². The second-order valence-corrected chi connectivity index (χ2v) is 3.75. The minimum Gasteiger partial charge on any atom is -0.317 e. The number of aromatic nitrogens is 2. The fraction of sp³-hybridized carbons (Fsp3) is 0.636. The molecule has 0 saturated heterocycles. The Balaban J connectivity index is 2.52. The zero-order valence-electron chi connectivity index (χ0n) is 9.20. The van der Waals surface area contributed by atoms with E-state index >= 15 is 0 Å². The van der Waals surface area contributed by atoms with Gasteiger partial charge in [-0.1, -0.05) is 20.8 Å². The Morgan fingerprint density at radius 3 is 2.50 bits per heavy atom. The molecule has 0 amide bonds. The zero-order chi connectivity index (χ0) is 10.4. The highest BCUT2D eigenvalue weighted by Gasteiger charge is 2.13. The molecule has 0 aliphatic carbocycles. The Hall–Kier alpha value is -0.960. The molecule has 0 aromatic carbocycles. The Kier molecular flexibility index (Phi) is 4.53. The first-order valence-corrected chi connectivity index (χ1v) is 5.21. The van der Waals surface area contributed by atoms with Crippen LogP contribution in [0, 0.1) is 5.92 Å². The summed E-state index contributed by atoms with van der Waals surface area (Å²) in [4.78, 5) is 8.07. The molecule has 78 valence electrons. The highest BCUT2D eigenvalue weighted by molar-refractivity contribution is 5.09. The molecule has 1 N–H and O–H groups in total. The summed E-state index contributed by atoms with van der Waals surface area (Å²) >= 11 is 0. The summed E-state index contributed by atoms with van der Waals surface area (Å²) in [5.41, 5.74) is 1.22. The lowest BCUT2D eigenvalue weighted by molar-refractivity contribution is 0.452. The van der Waals surface area contributed by atoms with Gasteiger partial charge < -0.3 is 5.32 Å². The van der Waals surface area contributed by atoms with Gasteiger partial charge in [0.25, 0.3) is 0 Å². The third-order valence-electron chi connectivity index (χ3n) is 2.68. The van der Waals surface area contributed by atoms with Crippen molar-refractivity contribution in [3.8, 4) is 0 Å². The van der Waals surface area contributed by atoms with Gasteiger partial charge in [-0.25, -0.2) is 9.97 Å². The first-order chi connectivity index (χ1) is 6.75. The lowest BCUT2D eigenvalue weighted by atomic mass is 9.91. The van der Waals surface area contributed by atoms with Gasteiger partial charge in [-0.05, 0) is 30.5 Å². The van der Waals surface area contributed by atoms with E-state index in [4.69, 9.17) is 0 Å². The van der Waals surface area contributed by atoms with E-state index < -0.39 is 0 Å². The summed E-state index contributed by atoms with van der Waals surface area (Å²) in [6, 6.07) is 0. The van der Waals surface area contributed by atoms with E-state index in [9.17, 15) is 0 Å². The fourth-order valence-electron chi connectivity index (χ4n) is 1.42. The van der Waals surface area contributed by atoms with Gasteiger partial charge in [0, 0.05) is 12.4 Å². The number of nitrogens with zero attached hydrogens (tertiary/aromatic N) is 2. The summed E-state index contributed by atoms with van der Waals surface area (Å²) in [5, 5.41) is 3.36. The largest absolute Gasteiger partial charge is 0.317 e. The van der Waals surface area contributed by atoms with Gasteiger partial charge in [-0.15, -0.1) is 0 Å². The molecule has 1 aromatic heterocycles. The van der Waals surface area contributed by atoms with Gasteiger partial charge >= 0.3 is 0 Å². The standard InChI is InChI=1S/C11H19N3/c1-4-12-5-9(2)10(3)11-6-13-8-14-7-11/h6-10,12H,4-5H2,1-3H3. The molecule has 0 bridgehead atoms. The van der Waals surface area contributed by atoms with Crippen LogP contribution in [0.25, 0.3) is 0 Å². The number of rotatable bonds is 5. The van der Waals surface area contributed by atoms with Gasteiger partial charge in [0.1, 0.15) is 6.33 Å². The number of hydrogen-bond donors (Lipinski definition) is 1. The maximum atomic E-state index is 4.04. The fourth-order valence-corrected chi connectivity index (χ4v) is 1.42. The molecule has 1 rings (SSSR count). The summed E-state index contributed by atoms with van der Waals surface area (Å²) in [7, 11) is 0. The quantitative estimate of drug-likeness (QED) is 0.775. The van der Waals surface area contributed by atoms with E-state index in [2.05, 4.69) is 36.1 Å². The van der Waals surface area contributed by atoms with Gasteiger partial charge in [0.15, 0.2) is 0 Å². The van der Waals surface area contributed by atoms with Crippen molar-refractivity contribution in [3.63, 3.8) is 0 Å². The highest BCUT2D eigenvalue weighted by atomic mass is 14.8. The van der Waals surface area contributed by atoms with Crippen LogP contribution < -0.4 is 5.32 Å². The molecule has 0 aliphatic heterocycles. The predicted octanol–water partition coefficient (Wildman–Crippen LogP) is 1.83. The second-order valence-electron chi connectivity index (χ2n) is 3.75. The van der Waals surface area contributed by atoms with E-state index in [1.807, 2.05) is 12.4 Å². The van der Waals surface area contributed by atoms with Crippen LogP contribution in [0.3, 0.4) is 0 Å². The predicted molar refractivity (Wildman–Crippen MR) is 58.2 cm³/mol. The molecule has 3 nitrogen and oxygen atoms in total. The smallest absolute Gasteiger partial charge is 0.115 e. The molecule has 0 aliphatic rings. The molecule has 3 heteroatoms. The lowest BCUT2D eigenvalue weighted by Crippen LogP contribution is -2.24. The second kappa shape index (κ2) is 5.70. The molecule has 2 atom stereocenters. The molecule has 0 saturated carbocycles. The van der Waals surface area contributed by atoms with E-state index in [0.29, 0.717) is 11.8 Å². The zero-order valence-corrected chi connectivity index (χ0v) is 9.20. The van der Waals surface area contributed by atoms with Crippen LogP contribution in [-0.2, 0) is 0 Å². The SMILES string of the molecule is CCNCC(C)C(C)c1cncnc1. The van der Waals surface area contributed by atoms with Crippen LogP contribution in [0.2, 0.25) is 0 Å². The molecule has 0 fully saturated rings. The van der Waals surface area contributed by atoms with Gasteiger partial charge in [0.2, 0.25) is 0 Å². The average molecular weight is 193 g/mol. The molecule has 14 heavy (non-hydrogen) atoms. The third kappa shape index (κ3) is 3.07.